The maximum atomic E-state index is 11.9. The third-order valence-electron chi connectivity index (χ3n) is 4.14. The van der Waals surface area contributed by atoms with Gasteiger partial charge in [-0.2, -0.15) is 5.10 Å². The number of esters is 1. The molecule has 0 saturated heterocycles. The second-order valence-corrected chi connectivity index (χ2v) is 5.34. The minimum Gasteiger partial charge on any atom is -0.465 e. The molecule has 1 N–H and O–H groups in total. The van der Waals surface area contributed by atoms with Crippen LogP contribution in [0.15, 0.2) is 24.4 Å². The normalized spacial score (nSPS) is 14.9. The number of carbonyl (C=O) groups is 1. The lowest BCUT2D eigenvalue weighted by atomic mass is 9.76. The molecular formula is C16H18N2O2. The quantitative estimate of drug-likeness (QED) is 0.869. The van der Waals surface area contributed by atoms with Gasteiger partial charge in [0.15, 0.2) is 0 Å². The average Bonchev–Trinajstić information content (AvgIpc) is 2.90. The molecule has 2 aromatic rings. The van der Waals surface area contributed by atoms with Crippen molar-refractivity contribution in [3.8, 4) is 11.3 Å². The molecule has 0 spiro atoms. The van der Waals surface area contributed by atoms with Gasteiger partial charge in [0.1, 0.15) is 0 Å². The van der Waals surface area contributed by atoms with Gasteiger partial charge in [0, 0.05) is 11.8 Å². The Morgan fingerprint density at radius 1 is 1.40 bits per heavy atom. The molecule has 4 nitrogen and oxygen atoms in total. The molecule has 1 aromatic heterocycles. The van der Waals surface area contributed by atoms with Gasteiger partial charge in [-0.25, -0.2) is 4.79 Å². The van der Waals surface area contributed by atoms with Crippen LogP contribution in [0.1, 0.15) is 46.7 Å². The highest BCUT2D eigenvalue weighted by molar-refractivity contribution is 5.93. The number of nitrogens with zero attached hydrogens (tertiary/aromatic N) is 1. The van der Waals surface area contributed by atoms with Crippen LogP contribution in [0.2, 0.25) is 0 Å². The summed E-state index contributed by atoms with van der Waals surface area (Å²) in [5, 5.41) is 7.02. The summed E-state index contributed by atoms with van der Waals surface area (Å²) in [6, 6.07) is 6.00. The molecule has 1 saturated carbocycles. The number of aromatic nitrogens is 2. The molecule has 1 fully saturated rings. The van der Waals surface area contributed by atoms with E-state index in [-0.39, 0.29) is 5.97 Å². The van der Waals surface area contributed by atoms with Gasteiger partial charge in [0.25, 0.3) is 0 Å². The number of rotatable bonds is 3. The number of aromatic amines is 1. The van der Waals surface area contributed by atoms with Crippen LogP contribution in [0.4, 0.5) is 0 Å². The molecular weight excluding hydrogens is 252 g/mol. The van der Waals surface area contributed by atoms with Crippen LogP contribution in [-0.4, -0.2) is 23.3 Å². The summed E-state index contributed by atoms with van der Waals surface area (Å²) in [5.74, 6) is 0.308. The fourth-order valence-electron chi connectivity index (χ4n) is 2.76. The lowest BCUT2D eigenvalue weighted by Gasteiger charge is -2.28. The fraction of sp³-hybridized carbons (Fsp3) is 0.375. The highest BCUT2D eigenvalue weighted by atomic mass is 16.5. The van der Waals surface area contributed by atoms with E-state index >= 15 is 0 Å². The van der Waals surface area contributed by atoms with Crippen molar-refractivity contribution in [2.45, 2.75) is 32.1 Å². The minimum atomic E-state index is -0.288. The van der Waals surface area contributed by atoms with E-state index < -0.39 is 0 Å². The second kappa shape index (κ2) is 5.12. The van der Waals surface area contributed by atoms with E-state index in [9.17, 15) is 4.79 Å². The SMILES string of the molecule is COC(=O)c1cc(-c2ccn[nH]2)c(C2CCC2)cc1C. The van der Waals surface area contributed by atoms with E-state index in [1.165, 1.54) is 31.9 Å². The Balaban J connectivity index is 2.14. The van der Waals surface area contributed by atoms with Crippen LogP contribution in [0.5, 0.6) is 0 Å². The zero-order valence-corrected chi connectivity index (χ0v) is 11.8. The van der Waals surface area contributed by atoms with E-state index in [4.69, 9.17) is 4.74 Å². The predicted octanol–water partition coefficient (Wildman–Crippen LogP) is 3.44. The van der Waals surface area contributed by atoms with Gasteiger partial charge < -0.3 is 4.74 Å². The molecule has 1 aliphatic carbocycles. The number of hydrogen-bond acceptors (Lipinski definition) is 3. The Labute approximate surface area is 118 Å². The molecule has 3 rings (SSSR count). The third kappa shape index (κ3) is 2.11. The molecule has 1 aliphatic rings. The number of ether oxygens (including phenoxy) is 1. The number of hydrogen-bond donors (Lipinski definition) is 1. The van der Waals surface area contributed by atoms with Crippen molar-refractivity contribution < 1.29 is 9.53 Å². The second-order valence-electron chi connectivity index (χ2n) is 5.34. The molecule has 104 valence electrons. The van der Waals surface area contributed by atoms with Crippen LogP contribution in [0, 0.1) is 6.92 Å². The summed E-state index contributed by atoms with van der Waals surface area (Å²) in [6.45, 7) is 1.96. The molecule has 0 unspecified atom stereocenters. The molecule has 1 heterocycles. The van der Waals surface area contributed by atoms with Crippen LogP contribution in [-0.2, 0) is 4.74 Å². The standard InChI is InChI=1S/C16H18N2O2/c1-10-8-13(11-4-3-5-11)14(15-6-7-17-18-15)9-12(10)16(19)20-2/h6-9,11H,3-5H2,1-2H3,(H,17,18). The number of nitrogens with one attached hydrogen (secondary N) is 1. The van der Waals surface area contributed by atoms with E-state index in [2.05, 4.69) is 16.3 Å². The molecule has 0 bridgehead atoms. The number of methoxy groups -OCH3 is 1. The maximum absolute atomic E-state index is 11.9. The molecule has 20 heavy (non-hydrogen) atoms. The summed E-state index contributed by atoms with van der Waals surface area (Å²) in [7, 11) is 1.41. The highest BCUT2D eigenvalue weighted by Crippen LogP contribution is 2.41. The van der Waals surface area contributed by atoms with E-state index in [0.717, 1.165) is 16.8 Å². The first-order valence-corrected chi connectivity index (χ1v) is 6.93. The summed E-state index contributed by atoms with van der Waals surface area (Å²) in [5.41, 5.74) is 4.93. The monoisotopic (exact) mass is 270 g/mol. The summed E-state index contributed by atoms with van der Waals surface area (Å²) in [4.78, 5) is 11.9. The number of aryl methyl sites for hydroxylation is 1. The minimum absolute atomic E-state index is 0.288. The van der Waals surface area contributed by atoms with Crippen molar-refractivity contribution in [1.82, 2.24) is 10.2 Å². The van der Waals surface area contributed by atoms with Crippen molar-refractivity contribution in [3.63, 3.8) is 0 Å². The summed E-state index contributed by atoms with van der Waals surface area (Å²) >= 11 is 0. The molecule has 4 heteroatoms. The van der Waals surface area contributed by atoms with Crippen molar-refractivity contribution in [2.24, 2.45) is 0 Å². The topological polar surface area (TPSA) is 55.0 Å². The summed E-state index contributed by atoms with van der Waals surface area (Å²) < 4.78 is 4.87. The van der Waals surface area contributed by atoms with E-state index in [0.29, 0.717) is 11.5 Å². The molecule has 0 amide bonds. The first-order valence-electron chi connectivity index (χ1n) is 6.93. The van der Waals surface area contributed by atoms with Gasteiger partial charge in [-0.15, -0.1) is 0 Å². The Bertz CT molecular complexity index is 628. The fourth-order valence-corrected chi connectivity index (χ4v) is 2.76. The van der Waals surface area contributed by atoms with Crippen LogP contribution >= 0.6 is 0 Å². The van der Waals surface area contributed by atoms with Gasteiger partial charge in [0.2, 0.25) is 0 Å². The zero-order chi connectivity index (χ0) is 14.1. The van der Waals surface area contributed by atoms with Gasteiger partial charge in [-0.1, -0.05) is 12.5 Å². The van der Waals surface area contributed by atoms with Crippen molar-refractivity contribution in [3.05, 3.63) is 41.1 Å². The smallest absolute Gasteiger partial charge is 0.338 e. The van der Waals surface area contributed by atoms with Crippen molar-refractivity contribution in [2.75, 3.05) is 7.11 Å². The average molecular weight is 270 g/mol. The van der Waals surface area contributed by atoms with Gasteiger partial charge >= 0.3 is 5.97 Å². The predicted molar refractivity (Wildman–Crippen MR) is 76.7 cm³/mol. The largest absolute Gasteiger partial charge is 0.465 e. The molecule has 0 radical (unpaired) electrons. The Hall–Kier alpha value is -2.10. The van der Waals surface area contributed by atoms with Gasteiger partial charge in [0.05, 0.1) is 18.4 Å². The lowest BCUT2D eigenvalue weighted by Crippen LogP contribution is -2.12. The number of carbonyl (C=O) groups excluding carboxylic acids is 1. The van der Waals surface area contributed by atoms with Crippen molar-refractivity contribution in [1.29, 1.82) is 0 Å². The number of H-pyrrole nitrogens is 1. The Morgan fingerprint density at radius 3 is 2.75 bits per heavy atom. The third-order valence-corrected chi connectivity index (χ3v) is 4.14. The zero-order valence-electron chi connectivity index (χ0n) is 11.8. The number of benzene rings is 1. The van der Waals surface area contributed by atoms with Gasteiger partial charge in [-0.3, -0.25) is 5.10 Å². The lowest BCUT2D eigenvalue weighted by molar-refractivity contribution is 0.0600. The molecule has 0 aliphatic heterocycles. The summed E-state index contributed by atoms with van der Waals surface area (Å²) in [6.07, 6.45) is 5.46. The van der Waals surface area contributed by atoms with Crippen LogP contribution in [0.25, 0.3) is 11.3 Å². The Kier molecular flexibility index (Phi) is 3.30. The van der Waals surface area contributed by atoms with Gasteiger partial charge in [-0.05, 0) is 48.9 Å². The maximum Gasteiger partial charge on any atom is 0.338 e. The first kappa shape index (κ1) is 12.9. The van der Waals surface area contributed by atoms with E-state index in [1.807, 2.05) is 19.1 Å². The van der Waals surface area contributed by atoms with Crippen molar-refractivity contribution >= 4 is 5.97 Å². The van der Waals surface area contributed by atoms with Crippen LogP contribution in [0.3, 0.4) is 0 Å². The molecule has 1 aromatic carbocycles. The Morgan fingerprint density at radius 2 is 2.20 bits per heavy atom. The molecule has 0 atom stereocenters. The van der Waals surface area contributed by atoms with Crippen LogP contribution < -0.4 is 0 Å². The van der Waals surface area contributed by atoms with E-state index in [1.54, 1.807) is 6.20 Å². The first-order chi connectivity index (χ1) is 9.70. The highest BCUT2D eigenvalue weighted by Gasteiger charge is 2.25.